The molecule has 0 atom stereocenters. The number of carbonyl (C=O) groups excluding carboxylic acids is 1. The van der Waals surface area contributed by atoms with Crippen LogP contribution in [0.1, 0.15) is 59.3 Å². The van der Waals surface area contributed by atoms with Gasteiger partial charge in [-0.25, -0.2) is 0 Å². The van der Waals surface area contributed by atoms with Gasteiger partial charge < -0.3 is 10.1 Å². The van der Waals surface area contributed by atoms with Crippen molar-refractivity contribution in [2.75, 3.05) is 6.61 Å². The van der Waals surface area contributed by atoms with Gasteiger partial charge in [0.25, 0.3) is 5.91 Å². The summed E-state index contributed by atoms with van der Waals surface area (Å²) in [4.78, 5) is 11.9. The summed E-state index contributed by atoms with van der Waals surface area (Å²) >= 11 is 0. The Bertz CT molecular complexity index is 278. The summed E-state index contributed by atoms with van der Waals surface area (Å²) < 4.78 is 5.29. The molecule has 1 amide bonds. The number of rotatable bonds is 2. The van der Waals surface area contributed by atoms with Gasteiger partial charge in [-0.15, -0.1) is 0 Å². The third-order valence-corrected chi connectivity index (χ3v) is 3.31. The highest BCUT2D eigenvalue weighted by atomic mass is 16.5. The smallest absolute Gasteiger partial charge is 0.250 e. The summed E-state index contributed by atoms with van der Waals surface area (Å²) in [5.74, 6) is 0.903. The monoisotopic (exact) mass is 239 g/mol. The molecule has 0 bridgehead atoms. The normalized spacial score (nSPS) is 20.4. The van der Waals surface area contributed by atoms with Crippen LogP contribution in [-0.2, 0) is 9.53 Å². The number of hydrogen-bond donors (Lipinski definition) is 1. The maximum absolute atomic E-state index is 11.9. The molecular weight excluding hydrogens is 214 g/mol. The summed E-state index contributed by atoms with van der Waals surface area (Å²) in [7, 11) is 0. The zero-order valence-electron chi connectivity index (χ0n) is 11.3. The second kappa shape index (κ2) is 7.36. The largest absolute Gasteiger partial charge is 0.497 e. The fraction of sp³-hybridized carbons (Fsp3) is 0.786. The highest BCUT2D eigenvalue weighted by molar-refractivity contribution is 5.94. The number of allylic oxidation sites excluding steroid dienone is 1. The number of nitrogens with one attached hydrogen (secondary N) is 1. The molecule has 1 saturated carbocycles. The maximum atomic E-state index is 11.9. The second-order valence-electron chi connectivity index (χ2n) is 4.44. The molecule has 1 N–H and O–H groups in total. The van der Waals surface area contributed by atoms with Crippen molar-refractivity contribution in [1.82, 2.24) is 5.32 Å². The summed E-state index contributed by atoms with van der Waals surface area (Å²) in [5, 5.41) is 3.11. The van der Waals surface area contributed by atoms with Crippen LogP contribution in [-0.4, -0.2) is 18.6 Å². The fourth-order valence-electron chi connectivity index (χ4n) is 2.36. The van der Waals surface area contributed by atoms with Crippen molar-refractivity contribution in [3.63, 3.8) is 0 Å². The molecule has 0 spiro atoms. The minimum Gasteiger partial charge on any atom is -0.497 e. The molecule has 0 aromatic rings. The second-order valence-corrected chi connectivity index (χ2v) is 4.44. The van der Waals surface area contributed by atoms with Gasteiger partial charge in [-0.2, -0.15) is 0 Å². The third-order valence-electron chi connectivity index (χ3n) is 3.31. The van der Waals surface area contributed by atoms with E-state index in [2.05, 4.69) is 5.32 Å². The number of carbonyl (C=O) groups is 1. The van der Waals surface area contributed by atoms with Crippen LogP contribution in [0, 0.1) is 0 Å². The van der Waals surface area contributed by atoms with E-state index >= 15 is 0 Å². The predicted octanol–water partition coefficient (Wildman–Crippen LogP) is 3.16. The molecule has 1 fully saturated rings. The SMILES string of the molecule is CC.CC1=C(C(=O)NC2CCCCC2)CCO1. The molecular formula is C14H25NO2. The van der Waals surface area contributed by atoms with Crippen molar-refractivity contribution in [1.29, 1.82) is 0 Å². The minimum atomic E-state index is 0.0944. The molecule has 3 heteroatoms. The molecule has 98 valence electrons. The van der Waals surface area contributed by atoms with Crippen molar-refractivity contribution < 1.29 is 9.53 Å². The first-order valence-electron chi connectivity index (χ1n) is 6.91. The van der Waals surface area contributed by atoms with Crippen LogP contribution < -0.4 is 5.32 Å². The van der Waals surface area contributed by atoms with Crippen molar-refractivity contribution in [3.8, 4) is 0 Å². The van der Waals surface area contributed by atoms with Crippen molar-refractivity contribution in [3.05, 3.63) is 11.3 Å². The molecule has 0 saturated heterocycles. The van der Waals surface area contributed by atoms with E-state index in [9.17, 15) is 4.79 Å². The van der Waals surface area contributed by atoms with Crippen molar-refractivity contribution in [2.24, 2.45) is 0 Å². The first-order chi connectivity index (χ1) is 8.27. The van der Waals surface area contributed by atoms with E-state index in [1.807, 2.05) is 20.8 Å². The zero-order chi connectivity index (χ0) is 12.7. The van der Waals surface area contributed by atoms with Gasteiger partial charge in [-0.3, -0.25) is 4.79 Å². The Labute approximate surface area is 105 Å². The topological polar surface area (TPSA) is 38.3 Å². The highest BCUT2D eigenvalue weighted by Crippen LogP contribution is 2.21. The summed E-state index contributed by atoms with van der Waals surface area (Å²) in [6.45, 7) is 6.54. The van der Waals surface area contributed by atoms with Gasteiger partial charge in [0.05, 0.1) is 12.2 Å². The van der Waals surface area contributed by atoms with Crippen molar-refractivity contribution in [2.45, 2.75) is 65.3 Å². The molecule has 0 aromatic carbocycles. The Hall–Kier alpha value is -0.990. The van der Waals surface area contributed by atoms with Crippen LogP contribution in [0.5, 0.6) is 0 Å². The Kier molecular flexibility index (Phi) is 6.09. The van der Waals surface area contributed by atoms with Crippen LogP contribution in [0.4, 0.5) is 0 Å². The molecule has 3 nitrogen and oxygen atoms in total. The molecule has 0 unspecified atom stereocenters. The van der Waals surface area contributed by atoms with E-state index in [4.69, 9.17) is 4.74 Å². The standard InChI is InChI=1S/C12H19NO2.C2H6/c1-9-11(7-8-15-9)12(14)13-10-5-3-2-4-6-10;1-2/h10H,2-8H2,1H3,(H,13,14);1-2H3. The van der Waals surface area contributed by atoms with E-state index in [1.54, 1.807) is 0 Å². The highest BCUT2D eigenvalue weighted by Gasteiger charge is 2.22. The first-order valence-corrected chi connectivity index (χ1v) is 6.91. The zero-order valence-corrected chi connectivity index (χ0v) is 11.3. The molecule has 0 radical (unpaired) electrons. The Morgan fingerprint density at radius 3 is 2.41 bits per heavy atom. The molecule has 1 aliphatic heterocycles. The minimum absolute atomic E-state index is 0.0944. The lowest BCUT2D eigenvalue weighted by Crippen LogP contribution is -2.37. The van der Waals surface area contributed by atoms with Gasteiger partial charge in [-0.05, 0) is 19.8 Å². The average molecular weight is 239 g/mol. The van der Waals surface area contributed by atoms with E-state index in [0.717, 1.165) is 30.6 Å². The Balaban J connectivity index is 0.000000686. The number of ether oxygens (including phenoxy) is 1. The van der Waals surface area contributed by atoms with Crippen LogP contribution >= 0.6 is 0 Å². The molecule has 0 aromatic heterocycles. The summed E-state index contributed by atoms with van der Waals surface area (Å²) in [5.41, 5.74) is 0.848. The van der Waals surface area contributed by atoms with E-state index < -0.39 is 0 Å². The van der Waals surface area contributed by atoms with Crippen LogP contribution in [0.3, 0.4) is 0 Å². The van der Waals surface area contributed by atoms with Gasteiger partial charge in [0.1, 0.15) is 5.76 Å². The van der Waals surface area contributed by atoms with Gasteiger partial charge in [0.15, 0.2) is 0 Å². The van der Waals surface area contributed by atoms with E-state index in [0.29, 0.717) is 12.6 Å². The molecule has 2 aliphatic rings. The van der Waals surface area contributed by atoms with Crippen LogP contribution in [0.25, 0.3) is 0 Å². The van der Waals surface area contributed by atoms with Crippen LogP contribution in [0.2, 0.25) is 0 Å². The molecule has 2 rings (SSSR count). The van der Waals surface area contributed by atoms with Gasteiger partial charge in [0.2, 0.25) is 0 Å². The lowest BCUT2D eigenvalue weighted by Gasteiger charge is -2.22. The number of amides is 1. The average Bonchev–Trinajstić information content (AvgIpc) is 2.79. The lowest BCUT2D eigenvalue weighted by atomic mass is 9.95. The summed E-state index contributed by atoms with van der Waals surface area (Å²) in [6.07, 6.45) is 6.86. The van der Waals surface area contributed by atoms with E-state index in [-0.39, 0.29) is 5.91 Å². The molecule has 1 aliphatic carbocycles. The first kappa shape index (κ1) is 14.1. The Morgan fingerprint density at radius 1 is 1.24 bits per heavy atom. The molecule has 1 heterocycles. The van der Waals surface area contributed by atoms with Crippen molar-refractivity contribution >= 4 is 5.91 Å². The van der Waals surface area contributed by atoms with Crippen LogP contribution in [0.15, 0.2) is 11.3 Å². The molecule has 17 heavy (non-hydrogen) atoms. The van der Waals surface area contributed by atoms with Gasteiger partial charge in [0, 0.05) is 12.5 Å². The maximum Gasteiger partial charge on any atom is 0.250 e. The third kappa shape index (κ3) is 4.06. The fourth-order valence-corrected chi connectivity index (χ4v) is 2.36. The van der Waals surface area contributed by atoms with Gasteiger partial charge >= 0.3 is 0 Å². The van der Waals surface area contributed by atoms with Gasteiger partial charge in [-0.1, -0.05) is 33.1 Å². The summed E-state index contributed by atoms with van der Waals surface area (Å²) in [6, 6.07) is 0.396. The Morgan fingerprint density at radius 2 is 1.88 bits per heavy atom. The van der Waals surface area contributed by atoms with E-state index in [1.165, 1.54) is 19.3 Å². The predicted molar refractivity (Wildman–Crippen MR) is 69.6 cm³/mol. The quantitative estimate of drug-likeness (QED) is 0.804. The number of hydrogen-bond acceptors (Lipinski definition) is 2. The lowest BCUT2D eigenvalue weighted by molar-refractivity contribution is -0.118.